The Morgan fingerprint density at radius 1 is 1.08 bits per heavy atom. The van der Waals surface area contributed by atoms with Gasteiger partial charge in [-0.3, -0.25) is 0 Å². The highest BCUT2D eigenvalue weighted by molar-refractivity contribution is 5.73. The second-order valence-electron chi connectivity index (χ2n) is 9.17. The first-order valence-electron chi connectivity index (χ1n) is 12.4. The van der Waals surface area contributed by atoms with Gasteiger partial charge in [-0.2, -0.15) is 0 Å². The van der Waals surface area contributed by atoms with Gasteiger partial charge in [0.1, 0.15) is 30.5 Å². The number of carboxylic acids is 1. The fourth-order valence-electron chi connectivity index (χ4n) is 4.06. The topological polar surface area (TPSA) is 221 Å². The van der Waals surface area contributed by atoms with Crippen LogP contribution in [0.5, 0.6) is 0 Å². The summed E-state index contributed by atoms with van der Waals surface area (Å²) in [5, 5.41) is 58.8. The third-order valence-electron chi connectivity index (χ3n) is 6.31. The van der Waals surface area contributed by atoms with Crippen LogP contribution in [0.2, 0.25) is 0 Å². The Bertz CT molecular complexity index is 845. The molecule has 2 saturated heterocycles. The fraction of sp³-hybridized carbons (Fsp3) is 0.864. The average Bonchev–Trinajstić information content (AvgIpc) is 3.33. The maximum Gasteiger partial charge on any atom is 0.335 e. The number of aliphatic hydroxyl groups excluding tert-OH is 4. The molecule has 3 rings (SSSR count). The van der Waals surface area contributed by atoms with Gasteiger partial charge in [-0.25, -0.2) is 9.48 Å². The molecule has 0 spiro atoms. The van der Waals surface area contributed by atoms with Crippen LogP contribution >= 0.6 is 0 Å². The van der Waals surface area contributed by atoms with Gasteiger partial charge in [-0.1, -0.05) is 18.6 Å². The van der Waals surface area contributed by atoms with E-state index in [1.54, 1.807) is 4.68 Å². The van der Waals surface area contributed by atoms with Crippen LogP contribution in [0.25, 0.3) is 0 Å². The summed E-state index contributed by atoms with van der Waals surface area (Å²) in [6, 6.07) is -1.24. The minimum Gasteiger partial charge on any atom is -0.479 e. The molecule has 0 saturated carbocycles. The van der Waals surface area contributed by atoms with E-state index in [1.165, 1.54) is 6.92 Å². The number of aromatic nitrogens is 3. The number of hydrogen-bond acceptors (Lipinski definition) is 13. The Kier molecular flexibility index (Phi) is 11.1. The molecule has 3 heterocycles. The third-order valence-corrected chi connectivity index (χ3v) is 6.31. The Morgan fingerprint density at radius 2 is 1.84 bits per heavy atom. The lowest BCUT2D eigenvalue weighted by molar-refractivity contribution is -0.337. The number of carbonyl (C=O) groups is 1. The second-order valence-corrected chi connectivity index (χ2v) is 9.17. The van der Waals surface area contributed by atoms with Crippen molar-refractivity contribution < 1.29 is 54.0 Å². The van der Waals surface area contributed by atoms with E-state index in [1.807, 2.05) is 6.20 Å². The standard InChI is InChI=1S/C22H38N4O11/c1-3-4-5-12-10-26(25-24-12)6-7-33-8-9-34-22-17(30)16(29)18(19(37-22)20(31)32)36-21-13(23)15(28)14(27)11(2)35-21/h10-11,13-19,21-22,27-30H,3-9,23H2,1-2H3,(H,31,32)/t11?,13?,14-,15-,16-,17?,18+,19?,21-,22-/m1/s1. The van der Waals surface area contributed by atoms with Gasteiger partial charge in [0.2, 0.25) is 0 Å². The van der Waals surface area contributed by atoms with Crippen LogP contribution in [0, 0.1) is 0 Å². The molecule has 0 aliphatic carbocycles. The van der Waals surface area contributed by atoms with Crippen molar-refractivity contribution >= 4 is 5.97 Å². The number of aryl methyl sites for hydroxylation is 1. The molecular weight excluding hydrogens is 496 g/mol. The highest BCUT2D eigenvalue weighted by atomic mass is 16.7. The van der Waals surface area contributed by atoms with E-state index in [-0.39, 0.29) is 13.2 Å². The molecule has 0 bridgehead atoms. The number of hydrogen-bond donors (Lipinski definition) is 6. The molecule has 0 radical (unpaired) electrons. The molecule has 7 N–H and O–H groups in total. The zero-order chi connectivity index (χ0) is 27.1. The van der Waals surface area contributed by atoms with E-state index in [0.717, 1.165) is 25.0 Å². The Balaban J connectivity index is 1.46. The molecule has 1 aromatic heterocycles. The highest BCUT2D eigenvalue weighted by Crippen LogP contribution is 2.29. The predicted octanol–water partition coefficient (Wildman–Crippen LogP) is -2.64. The highest BCUT2D eigenvalue weighted by Gasteiger charge is 2.52. The van der Waals surface area contributed by atoms with Crippen molar-refractivity contribution in [1.29, 1.82) is 0 Å². The van der Waals surface area contributed by atoms with Crippen LogP contribution in [-0.2, 0) is 41.4 Å². The van der Waals surface area contributed by atoms with Crippen molar-refractivity contribution in [2.24, 2.45) is 5.73 Å². The number of carboxylic acid groups (broad SMARTS) is 1. The van der Waals surface area contributed by atoms with Gasteiger partial charge in [0.15, 0.2) is 18.7 Å². The summed E-state index contributed by atoms with van der Waals surface area (Å²) in [4.78, 5) is 11.8. The van der Waals surface area contributed by atoms with Crippen molar-refractivity contribution in [2.45, 2.75) is 101 Å². The van der Waals surface area contributed by atoms with Gasteiger partial charge in [0.05, 0.1) is 44.2 Å². The van der Waals surface area contributed by atoms with Crippen LogP contribution < -0.4 is 5.73 Å². The van der Waals surface area contributed by atoms with E-state index in [9.17, 15) is 30.3 Å². The first kappa shape index (κ1) is 29.8. The molecule has 212 valence electrons. The minimum absolute atomic E-state index is 0.0520. The summed E-state index contributed by atoms with van der Waals surface area (Å²) in [5.74, 6) is -1.48. The number of aliphatic carboxylic acids is 1. The van der Waals surface area contributed by atoms with Crippen LogP contribution in [0.15, 0.2) is 6.20 Å². The predicted molar refractivity (Wildman–Crippen MR) is 123 cm³/mol. The first-order chi connectivity index (χ1) is 17.6. The fourth-order valence-corrected chi connectivity index (χ4v) is 4.06. The van der Waals surface area contributed by atoms with Crippen molar-refractivity contribution in [2.75, 3.05) is 19.8 Å². The molecule has 2 aliphatic rings. The lowest BCUT2D eigenvalue weighted by atomic mass is 9.96. The van der Waals surface area contributed by atoms with Crippen molar-refractivity contribution in [3.8, 4) is 0 Å². The largest absolute Gasteiger partial charge is 0.479 e. The number of ether oxygens (including phenoxy) is 5. The zero-order valence-electron chi connectivity index (χ0n) is 20.9. The maximum absolute atomic E-state index is 11.8. The quantitative estimate of drug-likeness (QED) is 0.143. The number of rotatable bonds is 13. The minimum atomic E-state index is -1.75. The number of nitrogens with zero attached hydrogens (tertiary/aromatic N) is 3. The van der Waals surface area contributed by atoms with Gasteiger partial charge in [-0.05, 0) is 19.8 Å². The normalized spacial score (nSPS) is 36.5. The molecule has 37 heavy (non-hydrogen) atoms. The lowest BCUT2D eigenvalue weighted by Crippen LogP contribution is -2.66. The molecule has 2 aliphatic heterocycles. The monoisotopic (exact) mass is 534 g/mol. The van der Waals surface area contributed by atoms with Crippen molar-refractivity contribution in [3.05, 3.63) is 11.9 Å². The van der Waals surface area contributed by atoms with Gasteiger partial charge < -0.3 is 55.0 Å². The van der Waals surface area contributed by atoms with E-state index in [4.69, 9.17) is 29.4 Å². The summed E-state index contributed by atoms with van der Waals surface area (Å²) in [7, 11) is 0. The summed E-state index contributed by atoms with van der Waals surface area (Å²) >= 11 is 0. The van der Waals surface area contributed by atoms with Gasteiger partial charge in [0.25, 0.3) is 0 Å². The Labute approximate surface area is 214 Å². The third kappa shape index (κ3) is 7.63. The molecule has 15 nitrogen and oxygen atoms in total. The Morgan fingerprint density at radius 3 is 2.54 bits per heavy atom. The molecule has 10 atom stereocenters. The molecule has 2 fully saturated rings. The van der Waals surface area contributed by atoms with Crippen LogP contribution in [-0.4, -0.2) is 128 Å². The van der Waals surface area contributed by atoms with Crippen molar-refractivity contribution in [3.63, 3.8) is 0 Å². The van der Waals surface area contributed by atoms with E-state index >= 15 is 0 Å². The van der Waals surface area contributed by atoms with Gasteiger partial charge >= 0.3 is 5.97 Å². The van der Waals surface area contributed by atoms with Gasteiger partial charge in [0, 0.05) is 6.20 Å². The summed E-state index contributed by atoms with van der Waals surface area (Å²) in [5.41, 5.74) is 6.76. The molecule has 1 aromatic rings. The zero-order valence-corrected chi connectivity index (χ0v) is 20.9. The molecule has 4 unspecified atom stereocenters. The van der Waals surface area contributed by atoms with Crippen LogP contribution in [0.1, 0.15) is 32.4 Å². The van der Waals surface area contributed by atoms with E-state index in [2.05, 4.69) is 17.2 Å². The molecule has 15 heteroatoms. The van der Waals surface area contributed by atoms with Crippen LogP contribution in [0.4, 0.5) is 0 Å². The van der Waals surface area contributed by atoms with Gasteiger partial charge in [-0.15, -0.1) is 5.10 Å². The number of unbranched alkanes of at least 4 members (excludes halogenated alkanes) is 1. The number of nitrogens with two attached hydrogens (primary N) is 1. The molecule has 0 aromatic carbocycles. The summed E-state index contributed by atoms with van der Waals surface area (Å²) < 4.78 is 28.9. The lowest BCUT2D eigenvalue weighted by Gasteiger charge is -2.45. The second kappa shape index (κ2) is 13.8. The van der Waals surface area contributed by atoms with E-state index in [0.29, 0.717) is 13.2 Å². The summed E-state index contributed by atoms with van der Waals surface area (Å²) in [6.45, 7) is 4.44. The SMILES string of the molecule is CCCCc1cn(CCOCCO[C@@H]2OC(C(=O)O)[C@@H](O[C@H]3OC(C)[C@@H](O)[C@H](O)C3N)[C@H](O)C2O)nn1. The smallest absolute Gasteiger partial charge is 0.335 e. The number of aliphatic hydroxyl groups is 4. The molecular formula is C22H38N4O11. The van der Waals surface area contributed by atoms with Crippen LogP contribution in [0.3, 0.4) is 0 Å². The van der Waals surface area contributed by atoms with E-state index < -0.39 is 67.3 Å². The average molecular weight is 535 g/mol. The summed E-state index contributed by atoms with van der Waals surface area (Å²) in [6.07, 6.45) is -8.30. The van der Waals surface area contributed by atoms with Crippen molar-refractivity contribution in [1.82, 2.24) is 15.0 Å². The maximum atomic E-state index is 11.8. The molecule has 0 amide bonds. The first-order valence-corrected chi connectivity index (χ1v) is 12.4. The Hall–Kier alpha value is -1.79.